The Labute approximate surface area is 56.4 Å². The fraction of sp³-hybridized carbons (Fsp3) is 0.875. The minimum atomic E-state index is 0.0377. The molecule has 0 bridgehead atoms. The van der Waals surface area contributed by atoms with Gasteiger partial charge in [0.05, 0.1) is 0 Å². The van der Waals surface area contributed by atoms with Crippen molar-refractivity contribution in [1.29, 1.82) is 0 Å². The Kier molecular flexibility index (Phi) is 1.89. The van der Waals surface area contributed by atoms with Crippen LogP contribution in [0.25, 0.3) is 0 Å². The highest BCUT2D eigenvalue weighted by atomic mass is 16.1. The number of unbranched alkanes of at least 4 members (excludes halogenated alkanes) is 1. The van der Waals surface area contributed by atoms with Crippen molar-refractivity contribution in [2.24, 2.45) is 5.41 Å². The average Bonchev–Trinajstić information content (AvgIpc) is 2.65. The highest BCUT2D eigenvalue weighted by molar-refractivity contribution is 5.64. The van der Waals surface area contributed by atoms with Gasteiger partial charge in [-0.05, 0) is 19.3 Å². The van der Waals surface area contributed by atoms with Crippen LogP contribution in [0.4, 0.5) is 0 Å². The fourth-order valence-electron chi connectivity index (χ4n) is 1.07. The van der Waals surface area contributed by atoms with Crippen molar-refractivity contribution in [2.75, 3.05) is 0 Å². The zero-order valence-electron chi connectivity index (χ0n) is 5.94. The topological polar surface area (TPSA) is 17.1 Å². The van der Waals surface area contributed by atoms with E-state index in [1.165, 1.54) is 12.8 Å². The monoisotopic (exact) mass is 125 g/mol. The van der Waals surface area contributed by atoms with Crippen molar-refractivity contribution in [3.63, 3.8) is 0 Å². The van der Waals surface area contributed by atoms with Crippen LogP contribution in [0.1, 0.15) is 39.0 Å². The lowest BCUT2D eigenvalue weighted by molar-refractivity contribution is 0.488. The van der Waals surface area contributed by atoms with Gasteiger partial charge in [0.2, 0.25) is 6.29 Å². The lowest BCUT2D eigenvalue weighted by Gasteiger charge is -2.01. The molecule has 0 aromatic heterocycles. The lowest BCUT2D eigenvalue weighted by atomic mass is 10.0. The number of hydrogen-bond acceptors (Lipinski definition) is 1. The number of hydrogen-bond donors (Lipinski definition) is 0. The molecule has 0 N–H and O–H groups in total. The van der Waals surface area contributed by atoms with Crippen LogP contribution < -0.4 is 0 Å². The molecule has 0 atom stereocenters. The van der Waals surface area contributed by atoms with E-state index in [4.69, 9.17) is 0 Å². The molecule has 0 aromatic carbocycles. The minimum absolute atomic E-state index is 0.0377. The predicted octanol–water partition coefficient (Wildman–Crippen LogP) is 2.07. The minimum Gasteiger partial charge on any atom is -0.290 e. The smallest absolute Gasteiger partial charge is 0.205 e. The molecular weight excluding hydrogens is 112 g/mol. The molecule has 1 aliphatic carbocycles. The van der Waals surface area contributed by atoms with Gasteiger partial charge in [-0.1, -0.05) is 19.8 Å². The largest absolute Gasteiger partial charge is 0.290 e. The first-order chi connectivity index (χ1) is 4.33. The van der Waals surface area contributed by atoms with Gasteiger partial charge in [0.15, 0.2) is 0 Å². The second kappa shape index (κ2) is 2.51. The SMILES string of the molecule is CCCCC1([C]=O)CC1. The zero-order valence-corrected chi connectivity index (χ0v) is 5.94. The molecule has 1 saturated carbocycles. The van der Waals surface area contributed by atoms with Gasteiger partial charge in [-0.3, -0.25) is 4.79 Å². The highest BCUT2D eigenvalue weighted by Gasteiger charge is 2.42. The Morgan fingerprint density at radius 3 is 2.56 bits per heavy atom. The van der Waals surface area contributed by atoms with Crippen molar-refractivity contribution in [2.45, 2.75) is 39.0 Å². The second-order valence-corrected chi connectivity index (χ2v) is 2.99. The van der Waals surface area contributed by atoms with Crippen LogP contribution in [0.2, 0.25) is 0 Å². The first-order valence-electron chi connectivity index (χ1n) is 3.72. The fourth-order valence-corrected chi connectivity index (χ4v) is 1.07. The maximum Gasteiger partial charge on any atom is 0.205 e. The molecule has 1 radical (unpaired) electrons. The van der Waals surface area contributed by atoms with Crippen molar-refractivity contribution in [3.8, 4) is 0 Å². The van der Waals surface area contributed by atoms with Crippen LogP contribution in [0.15, 0.2) is 0 Å². The standard InChI is InChI=1S/C8H13O/c1-2-3-4-8(7-9)5-6-8/h2-6H2,1H3. The average molecular weight is 125 g/mol. The van der Waals surface area contributed by atoms with Crippen LogP contribution >= 0.6 is 0 Å². The van der Waals surface area contributed by atoms with Gasteiger partial charge in [0.1, 0.15) is 0 Å². The van der Waals surface area contributed by atoms with E-state index in [9.17, 15) is 4.79 Å². The van der Waals surface area contributed by atoms with Crippen LogP contribution in [0.5, 0.6) is 0 Å². The quantitative estimate of drug-likeness (QED) is 0.562. The Hall–Kier alpha value is -0.330. The van der Waals surface area contributed by atoms with Crippen molar-refractivity contribution < 1.29 is 4.79 Å². The summed E-state index contributed by atoms with van der Waals surface area (Å²) in [7, 11) is 0. The maximum absolute atomic E-state index is 10.3. The predicted molar refractivity (Wildman–Crippen MR) is 36.9 cm³/mol. The van der Waals surface area contributed by atoms with Crippen LogP contribution in [-0.2, 0) is 4.79 Å². The molecule has 9 heavy (non-hydrogen) atoms. The van der Waals surface area contributed by atoms with E-state index in [0.29, 0.717) is 0 Å². The molecule has 1 aliphatic rings. The molecular formula is C8H13O. The third kappa shape index (κ3) is 1.54. The Morgan fingerprint density at radius 2 is 2.22 bits per heavy atom. The molecule has 0 heterocycles. The first-order valence-corrected chi connectivity index (χ1v) is 3.72. The van der Waals surface area contributed by atoms with Gasteiger partial charge in [0, 0.05) is 5.41 Å². The molecule has 0 spiro atoms. The van der Waals surface area contributed by atoms with Crippen LogP contribution in [-0.4, -0.2) is 6.29 Å². The van der Waals surface area contributed by atoms with E-state index in [2.05, 4.69) is 13.2 Å². The van der Waals surface area contributed by atoms with Crippen molar-refractivity contribution in [1.82, 2.24) is 0 Å². The Balaban J connectivity index is 2.17. The van der Waals surface area contributed by atoms with E-state index in [1.807, 2.05) is 0 Å². The van der Waals surface area contributed by atoms with E-state index in [-0.39, 0.29) is 5.41 Å². The van der Waals surface area contributed by atoms with Gasteiger partial charge in [-0.15, -0.1) is 0 Å². The van der Waals surface area contributed by atoms with E-state index in [0.717, 1.165) is 19.3 Å². The zero-order chi connectivity index (χ0) is 6.74. The van der Waals surface area contributed by atoms with E-state index in [1.54, 1.807) is 0 Å². The molecule has 0 saturated heterocycles. The Bertz CT molecular complexity index is 103. The molecule has 1 fully saturated rings. The Morgan fingerprint density at radius 1 is 1.56 bits per heavy atom. The van der Waals surface area contributed by atoms with Crippen LogP contribution in [0.3, 0.4) is 0 Å². The summed E-state index contributed by atoms with van der Waals surface area (Å²) < 4.78 is 0. The van der Waals surface area contributed by atoms with E-state index < -0.39 is 0 Å². The van der Waals surface area contributed by atoms with Crippen LogP contribution in [0, 0.1) is 5.41 Å². The molecule has 1 nitrogen and oxygen atoms in total. The molecule has 51 valence electrons. The summed E-state index contributed by atoms with van der Waals surface area (Å²) in [5.74, 6) is 0. The summed E-state index contributed by atoms with van der Waals surface area (Å²) in [6, 6.07) is 0. The van der Waals surface area contributed by atoms with E-state index >= 15 is 0 Å². The summed E-state index contributed by atoms with van der Waals surface area (Å²) in [6.45, 7) is 2.15. The normalized spacial score (nSPS) is 21.4. The second-order valence-electron chi connectivity index (χ2n) is 2.99. The third-order valence-electron chi connectivity index (χ3n) is 2.08. The summed E-state index contributed by atoms with van der Waals surface area (Å²) in [4.78, 5) is 10.3. The molecule has 1 heteroatoms. The molecule has 0 aliphatic heterocycles. The molecule has 1 rings (SSSR count). The van der Waals surface area contributed by atoms with Crippen molar-refractivity contribution in [3.05, 3.63) is 0 Å². The number of rotatable bonds is 4. The molecule has 0 unspecified atom stereocenters. The van der Waals surface area contributed by atoms with Gasteiger partial charge < -0.3 is 0 Å². The lowest BCUT2D eigenvalue weighted by Crippen LogP contribution is -2.00. The summed E-state index contributed by atoms with van der Waals surface area (Å²) in [5, 5.41) is 0. The first kappa shape index (κ1) is 6.79. The van der Waals surface area contributed by atoms with Gasteiger partial charge >= 0.3 is 0 Å². The van der Waals surface area contributed by atoms with Crippen molar-refractivity contribution >= 4 is 6.29 Å². The highest BCUT2D eigenvalue weighted by Crippen LogP contribution is 2.47. The van der Waals surface area contributed by atoms with Gasteiger partial charge in [0.25, 0.3) is 0 Å². The summed E-state index contributed by atoms with van der Waals surface area (Å²) in [6.07, 6.45) is 7.79. The maximum atomic E-state index is 10.3. The van der Waals surface area contributed by atoms with Gasteiger partial charge in [-0.25, -0.2) is 0 Å². The molecule has 0 amide bonds. The third-order valence-corrected chi connectivity index (χ3v) is 2.08. The van der Waals surface area contributed by atoms with Gasteiger partial charge in [-0.2, -0.15) is 0 Å². The number of carbonyl (C=O) groups excluding carboxylic acids is 1. The molecule has 0 aromatic rings. The summed E-state index contributed by atoms with van der Waals surface area (Å²) in [5.41, 5.74) is 0.0377. The summed E-state index contributed by atoms with van der Waals surface area (Å²) >= 11 is 0.